The molecule has 0 spiro atoms. The minimum absolute atomic E-state index is 0.000332. The predicted octanol–water partition coefficient (Wildman–Crippen LogP) is 3.85. The average Bonchev–Trinajstić information content (AvgIpc) is 3.43. The first kappa shape index (κ1) is 22.8. The van der Waals surface area contributed by atoms with Crippen LogP contribution in [0.25, 0.3) is 0 Å². The fourth-order valence-electron chi connectivity index (χ4n) is 4.34. The zero-order valence-corrected chi connectivity index (χ0v) is 18.1. The summed E-state index contributed by atoms with van der Waals surface area (Å²) in [5, 5.41) is 11.6. The van der Waals surface area contributed by atoms with E-state index in [1.54, 1.807) is 4.90 Å². The van der Waals surface area contributed by atoms with Crippen molar-refractivity contribution in [1.29, 1.82) is 5.26 Å². The highest BCUT2D eigenvalue weighted by molar-refractivity contribution is 5.78. The van der Waals surface area contributed by atoms with E-state index in [4.69, 9.17) is 5.26 Å². The molecule has 2 atom stereocenters. The molecule has 2 fully saturated rings. The summed E-state index contributed by atoms with van der Waals surface area (Å²) in [6, 6.07) is 5.89. The van der Waals surface area contributed by atoms with Crippen LogP contribution < -0.4 is 10.2 Å². The summed E-state index contributed by atoms with van der Waals surface area (Å²) < 4.78 is 39.3. The summed E-state index contributed by atoms with van der Waals surface area (Å²) in [6.07, 6.45) is -0.823. The number of hydrogen-bond donors (Lipinski definition) is 1. The van der Waals surface area contributed by atoms with Crippen LogP contribution in [0.5, 0.6) is 0 Å². The Morgan fingerprint density at radius 3 is 2.79 bits per heavy atom. The molecule has 0 bridgehead atoms. The summed E-state index contributed by atoms with van der Waals surface area (Å²) in [7, 11) is 0. The predicted molar refractivity (Wildman–Crippen MR) is 115 cm³/mol. The number of alkyl halides is 3. The Bertz CT molecular complexity index is 1070. The first-order chi connectivity index (χ1) is 15.7. The minimum atomic E-state index is -4.48. The van der Waals surface area contributed by atoms with Gasteiger partial charge in [-0.1, -0.05) is 0 Å². The summed E-state index contributed by atoms with van der Waals surface area (Å²) >= 11 is 0. The summed E-state index contributed by atoms with van der Waals surface area (Å²) in [5.74, 6) is 0.590. The third kappa shape index (κ3) is 5.16. The monoisotopic (exact) mass is 459 g/mol. The number of carbonyl (C=O) groups is 1. The molecular weight excluding hydrogens is 435 g/mol. The Labute approximate surface area is 189 Å². The quantitative estimate of drug-likeness (QED) is 0.725. The van der Waals surface area contributed by atoms with Gasteiger partial charge in [0.25, 0.3) is 0 Å². The Balaban J connectivity index is 1.63. The van der Waals surface area contributed by atoms with Crippen molar-refractivity contribution < 1.29 is 18.0 Å². The number of aromatic nitrogens is 3. The fraction of sp³-hybridized carbons (Fsp3) is 0.500. The smallest absolute Gasteiger partial charge is 0.354 e. The van der Waals surface area contributed by atoms with Crippen molar-refractivity contribution in [3.63, 3.8) is 0 Å². The first-order valence-corrected chi connectivity index (χ1v) is 10.8. The van der Waals surface area contributed by atoms with Crippen LogP contribution in [0.4, 0.5) is 30.8 Å². The minimum Gasteiger partial charge on any atom is -0.354 e. The van der Waals surface area contributed by atoms with Gasteiger partial charge in [0, 0.05) is 43.9 Å². The van der Waals surface area contributed by atoms with Gasteiger partial charge in [-0.3, -0.25) is 4.79 Å². The van der Waals surface area contributed by atoms with Crippen LogP contribution in [-0.2, 0) is 11.0 Å². The molecule has 4 rings (SSSR count). The van der Waals surface area contributed by atoms with Gasteiger partial charge in [-0.2, -0.15) is 23.4 Å². The van der Waals surface area contributed by atoms with Gasteiger partial charge in [0.1, 0.15) is 18.1 Å². The number of amides is 1. The molecule has 1 amide bonds. The molecule has 2 aliphatic rings. The third-order valence-electron chi connectivity index (χ3n) is 6.10. The molecule has 8 nitrogen and oxygen atoms in total. The van der Waals surface area contributed by atoms with Crippen molar-refractivity contribution in [2.24, 2.45) is 0 Å². The van der Waals surface area contributed by atoms with E-state index in [0.717, 1.165) is 37.7 Å². The zero-order valence-electron chi connectivity index (χ0n) is 18.1. The Hall–Kier alpha value is -3.42. The molecule has 2 aliphatic heterocycles. The molecule has 2 aromatic heterocycles. The summed E-state index contributed by atoms with van der Waals surface area (Å²) in [5.41, 5.74) is -0.104. The number of hydrogen-bond acceptors (Lipinski definition) is 7. The highest BCUT2D eigenvalue weighted by atomic mass is 19.4. The maximum atomic E-state index is 13.1. The van der Waals surface area contributed by atoms with Crippen molar-refractivity contribution in [1.82, 2.24) is 19.9 Å². The van der Waals surface area contributed by atoms with Crippen LogP contribution in [0.15, 0.2) is 24.4 Å². The van der Waals surface area contributed by atoms with E-state index >= 15 is 0 Å². The lowest BCUT2D eigenvalue weighted by molar-refractivity contribution is -0.137. The van der Waals surface area contributed by atoms with Gasteiger partial charge in [0.2, 0.25) is 11.9 Å². The lowest BCUT2D eigenvalue weighted by Crippen LogP contribution is -2.29. The topological polar surface area (TPSA) is 98.0 Å². The lowest BCUT2D eigenvalue weighted by atomic mass is 10.0. The highest BCUT2D eigenvalue weighted by Crippen LogP contribution is 2.33. The Morgan fingerprint density at radius 1 is 1.27 bits per heavy atom. The maximum absolute atomic E-state index is 13.1. The molecule has 2 aromatic rings. The zero-order chi connectivity index (χ0) is 23.6. The maximum Gasteiger partial charge on any atom is 0.416 e. The summed E-state index contributed by atoms with van der Waals surface area (Å²) in [6.45, 7) is 3.90. The number of nitrogens with one attached hydrogen (secondary N) is 1. The second kappa shape index (κ2) is 9.21. The van der Waals surface area contributed by atoms with E-state index < -0.39 is 11.7 Å². The number of nitrogens with zero attached hydrogens (tertiary/aromatic N) is 6. The average molecular weight is 459 g/mol. The van der Waals surface area contributed by atoms with Crippen LogP contribution in [0, 0.1) is 11.3 Å². The van der Waals surface area contributed by atoms with Gasteiger partial charge in [0.05, 0.1) is 17.3 Å². The molecule has 11 heteroatoms. The van der Waals surface area contributed by atoms with Crippen LogP contribution in [0.2, 0.25) is 0 Å². The van der Waals surface area contributed by atoms with Crippen LogP contribution >= 0.6 is 0 Å². The van der Waals surface area contributed by atoms with Crippen LogP contribution in [-0.4, -0.2) is 51.4 Å². The molecule has 0 saturated carbocycles. The van der Waals surface area contributed by atoms with E-state index in [-0.39, 0.29) is 36.1 Å². The second-order valence-corrected chi connectivity index (χ2v) is 8.37. The third-order valence-corrected chi connectivity index (χ3v) is 6.10. The standard InChI is InChI=1S/C22H24F3N7O/c1-14-3-2-9-32(14)19-12-17(15-6-10-31(13-15)20(33)4-7-26)28-21(30-19)29-18-11-16(5-8-27-18)22(23,24)25/h5,8,11-12,14-15H,2-4,6,9-10,13H2,1H3,(H,27,28,29,30). The molecule has 0 aliphatic carbocycles. The summed E-state index contributed by atoms with van der Waals surface area (Å²) in [4.78, 5) is 29.0. The normalized spacial score (nSPS) is 20.7. The number of anilines is 3. The van der Waals surface area contributed by atoms with Gasteiger partial charge in [-0.05, 0) is 38.3 Å². The van der Waals surface area contributed by atoms with Crippen LogP contribution in [0.1, 0.15) is 49.8 Å². The lowest BCUT2D eigenvalue weighted by Gasteiger charge is -2.24. The van der Waals surface area contributed by atoms with Gasteiger partial charge in [0.15, 0.2) is 0 Å². The Morgan fingerprint density at radius 2 is 2.09 bits per heavy atom. The van der Waals surface area contributed by atoms with Crippen molar-refractivity contribution in [2.45, 2.75) is 50.7 Å². The molecule has 0 radical (unpaired) electrons. The van der Waals surface area contributed by atoms with E-state index in [1.807, 2.05) is 12.1 Å². The number of rotatable bonds is 5. The molecule has 174 valence electrons. The number of carbonyl (C=O) groups excluding carboxylic acids is 1. The van der Waals surface area contributed by atoms with Gasteiger partial charge >= 0.3 is 6.18 Å². The Kier molecular flexibility index (Phi) is 6.35. The van der Waals surface area contributed by atoms with Gasteiger partial charge in [-0.15, -0.1) is 0 Å². The highest BCUT2D eigenvalue weighted by Gasteiger charge is 2.32. The first-order valence-electron chi connectivity index (χ1n) is 10.8. The fourth-order valence-corrected chi connectivity index (χ4v) is 4.34. The molecule has 2 unspecified atom stereocenters. The molecule has 4 heterocycles. The molecule has 1 N–H and O–H groups in total. The second-order valence-electron chi connectivity index (χ2n) is 8.37. The van der Waals surface area contributed by atoms with E-state index in [9.17, 15) is 18.0 Å². The van der Waals surface area contributed by atoms with E-state index in [0.29, 0.717) is 31.0 Å². The molecular formula is C22H24F3N7O. The number of likely N-dealkylation sites (tertiary alicyclic amines) is 1. The largest absolute Gasteiger partial charge is 0.416 e. The van der Waals surface area contributed by atoms with E-state index in [1.165, 1.54) is 0 Å². The van der Waals surface area contributed by atoms with Crippen molar-refractivity contribution in [2.75, 3.05) is 29.9 Å². The van der Waals surface area contributed by atoms with Gasteiger partial charge < -0.3 is 15.1 Å². The molecule has 2 saturated heterocycles. The van der Waals surface area contributed by atoms with Crippen molar-refractivity contribution >= 4 is 23.5 Å². The molecule has 33 heavy (non-hydrogen) atoms. The van der Waals surface area contributed by atoms with E-state index in [2.05, 4.69) is 32.1 Å². The van der Waals surface area contributed by atoms with Crippen molar-refractivity contribution in [3.8, 4) is 6.07 Å². The van der Waals surface area contributed by atoms with Crippen LogP contribution in [0.3, 0.4) is 0 Å². The SMILES string of the molecule is CC1CCCN1c1cc(C2CCN(C(=O)CC#N)C2)nc(Nc2cc(C(F)(F)F)ccn2)n1. The number of halogens is 3. The number of pyridine rings is 1. The van der Waals surface area contributed by atoms with Crippen molar-refractivity contribution in [3.05, 3.63) is 35.7 Å². The molecule has 0 aromatic carbocycles. The van der Waals surface area contributed by atoms with Gasteiger partial charge in [-0.25, -0.2) is 9.97 Å². The number of nitriles is 1.